The van der Waals surface area contributed by atoms with Gasteiger partial charge in [0.25, 0.3) is 0 Å². The van der Waals surface area contributed by atoms with E-state index >= 15 is 0 Å². The molecule has 0 fully saturated rings. The molecule has 0 atom stereocenters. The van der Waals surface area contributed by atoms with Gasteiger partial charge in [-0.1, -0.05) is 25.3 Å². The number of allylic oxidation sites excluding steroid dienone is 3. The SMILES string of the molecule is C=C/C=C(/COC(=O)C1=C(C)N(CCCCCO)C(=O)CC1)C(=C)OC. The molecule has 0 saturated heterocycles. The Hall–Kier alpha value is -2.34. The van der Waals surface area contributed by atoms with E-state index in [1.165, 1.54) is 7.11 Å². The van der Waals surface area contributed by atoms with Crippen molar-refractivity contribution >= 4 is 11.9 Å². The van der Waals surface area contributed by atoms with Crippen molar-refractivity contribution in [1.29, 1.82) is 0 Å². The van der Waals surface area contributed by atoms with Gasteiger partial charge in [0.15, 0.2) is 0 Å². The summed E-state index contributed by atoms with van der Waals surface area (Å²) in [7, 11) is 1.50. The van der Waals surface area contributed by atoms with Gasteiger partial charge in [0.05, 0.1) is 12.7 Å². The largest absolute Gasteiger partial charge is 0.497 e. The summed E-state index contributed by atoms with van der Waals surface area (Å²) in [5.74, 6) is -0.00925. The Morgan fingerprint density at radius 1 is 1.31 bits per heavy atom. The molecule has 1 heterocycles. The summed E-state index contributed by atoms with van der Waals surface area (Å²) >= 11 is 0. The fourth-order valence-corrected chi connectivity index (χ4v) is 2.72. The summed E-state index contributed by atoms with van der Waals surface area (Å²) in [4.78, 5) is 26.3. The maximum absolute atomic E-state index is 12.5. The first-order valence-corrected chi connectivity index (χ1v) is 8.79. The van der Waals surface area contributed by atoms with Crippen LogP contribution in [0.3, 0.4) is 0 Å². The van der Waals surface area contributed by atoms with Gasteiger partial charge in [0.1, 0.15) is 12.4 Å². The smallest absolute Gasteiger partial charge is 0.336 e. The second kappa shape index (κ2) is 11.3. The number of methoxy groups -OCH3 is 1. The summed E-state index contributed by atoms with van der Waals surface area (Å²) in [6, 6.07) is 0. The number of ether oxygens (including phenoxy) is 2. The van der Waals surface area contributed by atoms with Gasteiger partial charge in [-0.15, -0.1) is 0 Å². The van der Waals surface area contributed by atoms with Crippen LogP contribution < -0.4 is 0 Å². The summed E-state index contributed by atoms with van der Waals surface area (Å²) in [6.45, 7) is 9.87. The average Bonchev–Trinajstić information content (AvgIpc) is 2.63. The minimum absolute atomic E-state index is 0.0167. The normalized spacial score (nSPS) is 15.1. The number of amides is 1. The third-order valence-corrected chi connectivity index (χ3v) is 4.30. The van der Waals surface area contributed by atoms with Gasteiger partial charge >= 0.3 is 5.97 Å². The first kappa shape index (κ1) is 21.7. The van der Waals surface area contributed by atoms with E-state index < -0.39 is 5.97 Å². The average molecular weight is 363 g/mol. The van der Waals surface area contributed by atoms with Crippen LogP contribution in [-0.2, 0) is 19.1 Å². The van der Waals surface area contributed by atoms with Gasteiger partial charge in [0.2, 0.25) is 5.91 Å². The van der Waals surface area contributed by atoms with Crippen LogP contribution in [-0.4, -0.2) is 48.8 Å². The molecule has 1 amide bonds. The van der Waals surface area contributed by atoms with E-state index in [1.807, 2.05) is 0 Å². The number of aliphatic hydroxyl groups excluding tert-OH is 1. The Balaban J connectivity index is 2.77. The predicted molar refractivity (Wildman–Crippen MR) is 100.0 cm³/mol. The lowest BCUT2D eigenvalue weighted by atomic mass is 10.0. The molecule has 0 bridgehead atoms. The number of esters is 1. The van der Waals surface area contributed by atoms with Crippen molar-refractivity contribution in [2.75, 3.05) is 26.9 Å². The fraction of sp³-hybridized carbons (Fsp3) is 0.500. The maximum Gasteiger partial charge on any atom is 0.336 e. The number of hydrogen-bond donors (Lipinski definition) is 1. The molecule has 1 aliphatic rings. The third kappa shape index (κ3) is 6.19. The Labute approximate surface area is 155 Å². The standard InChI is InChI=1S/C20H29NO5/c1-5-9-17(16(3)25-4)14-26-20(24)18-10-11-19(23)21(15(18)2)12-7-6-8-13-22/h5,9,22H,1,3,6-8,10-14H2,2,4H3/b17-9-. The van der Waals surface area contributed by atoms with Crippen molar-refractivity contribution in [3.05, 3.63) is 47.9 Å². The van der Waals surface area contributed by atoms with Crippen molar-refractivity contribution in [3.8, 4) is 0 Å². The van der Waals surface area contributed by atoms with Crippen LogP contribution in [0, 0.1) is 0 Å². The molecule has 26 heavy (non-hydrogen) atoms. The number of carbonyl (C=O) groups is 2. The maximum atomic E-state index is 12.5. The molecule has 144 valence electrons. The number of rotatable bonds is 11. The molecule has 6 heteroatoms. The van der Waals surface area contributed by atoms with Crippen LogP contribution in [0.2, 0.25) is 0 Å². The lowest BCUT2D eigenvalue weighted by Gasteiger charge is -2.29. The van der Waals surface area contributed by atoms with Gasteiger partial charge in [-0.05, 0) is 32.6 Å². The van der Waals surface area contributed by atoms with Crippen LogP contribution in [0.5, 0.6) is 0 Å². The van der Waals surface area contributed by atoms with E-state index in [0.29, 0.717) is 48.4 Å². The van der Waals surface area contributed by atoms with E-state index in [2.05, 4.69) is 13.2 Å². The number of carbonyl (C=O) groups excluding carboxylic acids is 2. The molecule has 0 aliphatic carbocycles. The Kier molecular flexibility index (Phi) is 9.44. The highest BCUT2D eigenvalue weighted by Gasteiger charge is 2.28. The molecule has 0 unspecified atom stereocenters. The Bertz CT molecular complexity index is 603. The highest BCUT2D eigenvalue weighted by molar-refractivity contribution is 5.93. The summed E-state index contributed by atoms with van der Waals surface area (Å²) < 4.78 is 10.5. The van der Waals surface area contributed by atoms with Gasteiger partial charge in [-0.3, -0.25) is 4.79 Å². The zero-order chi connectivity index (χ0) is 19.5. The highest BCUT2D eigenvalue weighted by Crippen LogP contribution is 2.25. The molecular formula is C20H29NO5. The van der Waals surface area contributed by atoms with Crippen LogP contribution in [0.15, 0.2) is 47.9 Å². The van der Waals surface area contributed by atoms with Crippen LogP contribution in [0.1, 0.15) is 39.0 Å². The fourth-order valence-electron chi connectivity index (χ4n) is 2.72. The summed E-state index contributed by atoms with van der Waals surface area (Å²) in [5.41, 5.74) is 1.80. The molecule has 1 rings (SSSR count). The minimum Gasteiger partial charge on any atom is -0.497 e. The minimum atomic E-state index is -0.436. The quantitative estimate of drug-likeness (QED) is 0.264. The lowest BCUT2D eigenvalue weighted by molar-refractivity contribution is -0.139. The predicted octanol–water partition coefficient (Wildman–Crippen LogP) is 2.86. The van der Waals surface area contributed by atoms with E-state index in [1.54, 1.807) is 24.0 Å². The molecular weight excluding hydrogens is 334 g/mol. The van der Waals surface area contributed by atoms with Gasteiger partial charge in [0, 0.05) is 30.8 Å². The highest BCUT2D eigenvalue weighted by atomic mass is 16.5. The van der Waals surface area contributed by atoms with E-state index in [4.69, 9.17) is 14.6 Å². The Morgan fingerprint density at radius 2 is 2.04 bits per heavy atom. The number of unbranched alkanes of at least 4 members (excludes halogenated alkanes) is 2. The van der Waals surface area contributed by atoms with Gasteiger partial charge in [-0.25, -0.2) is 4.79 Å². The number of hydrogen-bond acceptors (Lipinski definition) is 5. The molecule has 1 aliphatic heterocycles. The van der Waals surface area contributed by atoms with Crippen LogP contribution in [0.25, 0.3) is 0 Å². The number of aliphatic hydroxyl groups is 1. The molecule has 0 aromatic carbocycles. The first-order valence-electron chi connectivity index (χ1n) is 8.79. The van der Waals surface area contributed by atoms with Crippen molar-refractivity contribution in [2.45, 2.75) is 39.0 Å². The molecule has 6 nitrogen and oxygen atoms in total. The monoisotopic (exact) mass is 363 g/mol. The van der Waals surface area contributed by atoms with Crippen molar-refractivity contribution in [2.24, 2.45) is 0 Å². The van der Waals surface area contributed by atoms with E-state index in [-0.39, 0.29) is 19.1 Å². The van der Waals surface area contributed by atoms with Crippen LogP contribution >= 0.6 is 0 Å². The second-order valence-electron chi connectivity index (χ2n) is 6.02. The molecule has 1 N–H and O–H groups in total. The van der Waals surface area contributed by atoms with Crippen molar-refractivity contribution < 1.29 is 24.2 Å². The summed E-state index contributed by atoms with van der Waals surface area (Å²) in [5, 5.41) is 8.84. The molecule has 0 aromatic rings. The van der Waals surface area contributed by atoms with Gasteiger partial charge in [-0.2, -0.15) is 0 Å². The Morgan fingerprint density at radius 3 is 2.65 bits per heavy atom. The second-order valence-corrected chi connectivity index (χ2v) is 6.02. The zero-order valence-corrected chi connectivity index (χ0v) is 15.8. The van der Waals surface area contributed by atoms with Crippen molar-refractivity contribution in [3.63, 3.8) is 0 Å². The van der Waals surface area contributed by atoms with Crippen molar-refractivity contribution in [1.82, 2.24) is 4.90 Å². The van der Waals surface area contributed by atoms with Gasteiger partial charge < -0.3 is 19.5 Å². The molecule has 0 aromatic heterocycles. The topological polar surface area (TPSA) is 76.1 Å². The van der Waals surface area contributed by atoms with E-state index in [0.717, 1.165) is 12.8 Å². The molecule has 0 spiro atoms. The summed E-state index contributed by atoms with van der Waals surface area (Å²) in [6.07, 6.45) is 6.25. The first-order chi connectivity index (χ1) is 12.5. The molecule has 0 saturated carbocycles. The van der Waals surface area contributed by atoms with E-state index in [9.17, 15) is 9.59 Å². The number of nitrogens with zero attached hydrogens (tertiary/aromatic N) is 1. The third-order valence-electron chi connectivity index (χ3n) is 4.30. The molecule has 0 radical (unpaired) electrons. The van der Waals surface area contributed by atoms with Crippen LogP contribution in [0.4, 0.5) is 0 Å². The lowest BCUT2D eigenvalue weighted by Crippen LogP contribution is -2.36. The zero-order valence-electron chi connectivity index (χ0n) is 15.8.